The lowest BCUT2D eigenvalue weighted by molar-refractivity contribution is -0.0327. The van der Waals surface area contributed by atoms with E-state index in [-0.39, 0.29) is 24.1 Å². The third-order valence-corrected chi connectivity index (χ3v) is 2.88. The predicted octanol–water partition coefficient (Wildman–Crippen LogP) is 3.29. The van der Waals surface area contributed by atoms with Crippen LogP contribution in [0.4, 0.5) is 19.1 Å². The topological polar surface area (TPSA) is 37.8 Å². The molecule has 0 radical (unpaired) electrons. The number of anilines is 1. The van der Waals surface area contributed by atoms with Gasteiger partial charge in [0.1, 0.15) is 0 Å². The molecule has 1 aromatic heterocycles. The van der Waals surface area contributed by atoms with Gasteiger partial charge in [0.15, 0.2) is 0 Å². The first-order valence-corrected chi connectivity index (χ1v) is 6.19. The lowest BCUT2D eigenvalue weighted by atomic mass is 10.2. The molecular formula is C11H10F3N3S. The molecule has 0 aliphatic heterocycles. The van der Waals surface area contributed by atoms with Gasteiger partial charge in [0.2, 0.25) is 5.95 Å². The number of hydrogen-bond donors (Lipinski definition) is 1. The summed E-state index contributed by atoms with van der Waals surface area (Å²) >= 11 is -0.0616. The van der Waals surface area contributed by atoms with E-state index in [4.69, 9.17) is 0 Å². The van der Waals surface area contributed by atoms with E-state index in [0.29, 0.717) is 5.95 Å². The maximum atomic E-state index is 11.9. The molecule has 0 aliphatic carbocycles. The van der Waals surface area contributed by atoms with Crippen LogP contribution in [0.25, 0.3) is 10.9 Å². The lowest BCUT2D eigenvalue weighted by Crippen LogP contribution is -2.11. The number of aromatic nitrogens is 2. The van der Waals surface area contributed by atoms with Gasteiger partial charge in [-0.05, 0) is 17.8 Å². The van der Waals surface area contributed by atoms with Crippen molar-refractivity contribution < 1.29 is 13.2 Å². The fraction of sp³-hybridized carbons (Fsp3) is 0.273. The summed E-state index contributed by atoms with van der Waals surface area (Å²) in [5.41, 5.74) is -3.43. The molecule has 1 heterocycles. The summed E-state index contributed by atoms with van der Waals surface area (Å²) in [7, 11) is 0. The van der Waals surface area contributed by atoms with Crippen molar-refractivity contribution in [1.29, 1.82) is 0 Å². The Bertz CT molecular complexity index is 530. The van der Waals surface area contributed by atoms with E-state index in [1.165, 1.54) is 0 Å². The van der Waals surface area contributed by atoms with E-state index >= 15 is 0 Å². The van der Waals surface area contributed by atoms with Crippen LogP contribution in [-0.2, 0) is 0 Å². The fourth-order valence-electron chi connectivity index (χ4n) is 1.39. The van der Waals surface area contributed by atoms with Crippen molar-refractivity contribution in [3.63, 3.8) is 0 Å². The molecule has 0 saturated carbocycles. The van der Waals surface area contributed by atoms with Gasteiger partial charge in [0.25, 0.3) is 0 Å². The Balaban J connectivity index is 1.92. The monoisotopic (exact) mass is 273 g/mol. The Morgan fingerprint density at radius 3 is 2.78 bits per heavy atom. The first-order valence-electron chi connectivity index (χ1n) is 5.21. The Morgan fingerprint density at radius 2 is 2.00 bits per heavy atom. The number of rotatable bonds is 4. The number of alkyl halides is 3. The number of nitrogens with zero attached hydrogens (tertiary/aromatic N) is 2. The molecule has 0 spiro atoms. The molecule has 7 heteroatoms. The zero-order valence-electron chi connectivity index (χ0n) is 9.24. The van der Waals surface area contributed by atoms with Gasteiger partial charge in [0.05, 0.1) is 5.52 Å². The average Bonchev–Trinajstić information content (AvgIpc) is 2.33. The molecule has 0 aliphatic rings. The van der Waals surface area contributed by atoms with Gasteiger partial charge in [-0.25, -0.2) is 9.97 Å². The first kappa shape index (κ1) is 12.9. The Hall–Kier alpha value is -1.50. The number of thioether (sulfide) groups is 1. The molecule has 0 atom stereocenters. The highest BCUT2D eigenvalue weighted by atomic mass is 32.2. The van der Waals surface area contributed by atoms with Crippen LogP contribution in [-0.4, -0.2) is 27.8 Å². The highest BCUT2D eigenvalue weighted by molar-refractivity contribution is 8.00. The molecule has 2 aromatic rings. The van der Waals surface area contributed by atoms with Crippen molar-refractivity contribution in [2.45, 2.75) is 5.51 Å². The van der Waals surface area contributed by atoms with Gasteiger partial charge in [0, 0.05) is 23.9 Å². The molecule has 0 saturated heterocycles. The van der Waals surface area contributed by atoms with Crippen molar-refractivity contribution >= 4 is 28.6 Å². The minimum atomic E-state index is -4.19. The molecular weight excluding hydrogens is 263 g/mol. The highest BCUT2D eigenvalue weighted by Crippen LogP contribution is 2.29. The predicted molar refractivity (Wildman–Crippen MR) is 66.5 cm³/mol. The Kier molecular flexibility index (Phi) is 3.90. The maximum absolute atomic E-state index is 11.9. The number of halogens is 3. The van der Waals surface area contributed by atoms with E-state index in [0.717, 1.165) is 10.9 Å². The standard InChI is InChI=1S/C11H10F3N3S/c12-11(13,14)18-6-5-15-10-16-7-8-3-1-2-4-9(8)17-10/h1-4,7H,5-6H2,(H,15,16,17). The van der Waals surface area contributed by atoms with Crippen LogP contribution in [0.1, 0.15) is 0 Å². The molecule has 1 N–H and O–H groups in total. The van der Waals surface area contributed by atoms with Crippen molar-refractivity contribution in [2.24, 2.45) is 0 Å². The second kappa shape index (κ2) is 5.43. The van der Waals surface area contributed by atoms with Crippen molar-refractivity contribution in [1.82, 2.24) is 9.97 Å². The van der Waals surface area contributed by atoms with Crippen molar-refractivity contribution in [3.8, 4) is 0 Å². The first-order chi connectivity index (χ1) is 8.54. The average molecular weight is 273 g/mol. The number of benzene rings is 1. The number of hydrogen-bond acceptors (Lipinski definition) is 4. The van der Waals surface area contributed by atoms with Crippen LogP contribution in [0.2, 0.25) is 0 Å². The second-order valence-corrected chi connectivity index (χ2v) is 4.63. The smallest absolute Gasteiger partial charge is 0.353 e. The summed E-state index contributed by atoms with van der Waals surface area (Å²) in [6.45, 7) is 0.169. The van der Waals surface area contributed by atoms with Crippen LogP contribution in [0.3, 0.4) is 0 Å². The van der Waals surface area contributed by atoms with E-state index in [1.54, 1.807) is 6.20 Å². The van der Waals surface area contributed by atoms with Gasteiger partial charge in [-0.2, -0.15) is 13.2 Å². The van der Waals surface area contributed by atoms with Crippen molar-refractivity contribution in [3.05, 3.63) is 30.5 Å². The molecule has 0 bridgehead atoms. The molecule has 96 valence electrons. The molecule has 2 rings (SSSR count). The zero-order chi connectivity index (χ0) is 13.0. The van der Waals surface area contributed by atoms with Crippen LogP contribution in [0.5, 0.6) is 0 Å². The summed E-state index contributed by atoms with van der Waals surface area (Å²) in [4.78, 5) is 8.22. The number of para-hydroxylation sites is 1. The highest BCUT2D eigenvalue weighted by Gasteiger charge is 2.27. The van der Waals surface area contributed by atoms with Gasteiger partial charge in [-0.3, -0.25) is 0 Å². The SMILES string of the molecule is FC(F)(F)SCCNc1ncc2ccccc2n1. The minimum Gasteiger partial charge on any atom is -0.353 e. The number of nitrogens with one attached hydrogen (secondary N) is 1. The van der Waals surface area contributed by atoms with Gasteiger partial charge >= 0.3 is 5.51 Å². The van der Waals surface area contributed by atoms with Crippen molar-refractivity contribution in [2.75, 3.05) is 17.6 Å². The molecule has 18 heavy (non-hydrogen) atoms. The fourth-order valence-corrected chi connectivity index (χ4v) is 1.82. The Labute approximate surface area is 106 Å². The Morgan fingerprint density at radius 1 is 1.22 bits per heavy atom. The molecule has 0 amide bonds. The number of fused-ring (bicyclic) bond motifs is 1. The van der Waals surface area contributed by atoms with Crippen LogP contribution >= 0.6 is 11.8 Å². The lowest BCUT2D eigenvalue weighted by Gasteiger charge is -2.07. The molecule has 3 nitrogen and oxygen atoms in total. The van der Waals surface area contributed by atoms with Crippen LogP contribution in [0.15, 0.2) is 30.5 Å². The maximum Gasteiger partial charge on any atom is 0.441 e. The summed E-state index contributed by atoms with van der Waals surface area (Å²) in [6.07, 6.45) is 1.64. The van der Waals surface area contributed by atoms with E-state index in [1.807, 2.05) is 24.3 Å². The summed E-state index contributed by atoms with van der Waals surface area (Å²) < 4.78 is 35.7. The summed E-state index contributed by atoms with van der Waals surface area (Å²) in [5.74, 6) is 0.274. The zero-order valence-corrected chi connectivity index (χ0v) is 10.1. The normalized spacial score (nSPS) is 11.7. The molecule has 0 fully saturated rings. The van der Waals surface area contributed by atoms with Gasteiger partial charge < -0.3 is 5.32 Å². The summed E-state index contributed by atoms with van der Waals surface area (Å²) in [6, 6.07) is 7.42. The van der Waals surface area contributed by atoms with Gasteiger partial charge in [-0.1, -0.05) is 18.2 Å². The van der Waals surface area contributed by atoms with Crippen LogP contribution < -0.4 is 5.32 Å². The largest absolute Gasteiger partial charge is 0.441 e. The van der Waals surface area contributed by atoms with Crippen LogP contribution in [0, 0.1) is 0 Å². The van der Waals surface area contributed by atoms with E-state index < -0.39 is 5.51 Å². The van der Waals surface area contributed by atoms with E-state index in [9.17, 15) is 13.2 Å². The quantitative estimate of drug-likeness (QED) is 0.867. The second-order valence-electron chi connectivity index (χ2n) is 3.47. The third kappa shape index (κ3) is 3.76. The van der Waals surface area contributed by atoms with Gasteiger partial charge in [-0.15, -0.1) is 0 Å². The third-order valence-electron chi connectivity index (χ3n) is 2.14. The molecule has 0 unspecified atom stereocenters. The summed E-state index contributed by atoms with van der Waals surface area (Å²) in [5, 5.41) is 3.66. The van der Waals surface area contributed by atoms with E-state index in [2.05, 4.69) is 15.3 Å². The minimum absolute atomic E-state index is 0.0616. The molecule has 1 aromatic carbocycles.